The van der Waals surface area contributed by atoms with Crippen LogP contribution in [-0.2, 0) is 17.6 Å². The van der Waals surface area contributed by atoms with Gasteiger partial charge in [-0.25, -0.2) is 4.79 Å². The Labute approximate surface area is 136 Å². The number of carbonyl (C=O) groups is 1. The summed E-state index contributed by atoms with van der Waals surface area (Å²) >= 11 is 0. The highest BCUT2D eigenvalue weighted by Crippen LogP contribution is 2.21. The van der Waals surface area contributed by atoms with Crippen molar-refractivity contribution in [1.29, 1.82) is 0 Å². The zero-order valence-corrected chi connectivity index (χ0v) is 14.8. The largest absolute Gasteiger partial charge is 0.459 e. The number of hydrogen-bond acceptors (Lipinski definition) is 2. The van der Waals surface area contributed by atoms with Gasteiger partial charge < -0.3 is 4.74 Å². The van der Waals surface area contributed by atoms with E-state index < -0.39 is 0 Å². The highest BCUT2D eigenvalue weighted by atomic mass is 16.5. The van der Waals surface area contributed by atoms with Crippen LogP contribution in [0.5, 0.6) is 0 Å². The Balaban J connectivity index is 2.93. The van der Waals surface area contributed by atoms with E-state index in [1.807, 2.05) is 12.1 Å². The second-order valence-corrected chi connectivity index (χ2v) is 6.02. The molecule has 0 aliphatic heterocycles. The number of esters is 1. The van der Waals surface area contributed by atoms with Gasteiger partial charge in [0.15, 0.2) is 0 Å². The van der Waals surface area contributed by atoms with Gasteiger partial charge in [-0.2, -0.15) is 0 Å². The summed E-state index contributed by atoms with van der Waals surface area (Å²) in [7, 11) is 0. The third-order valence-corrected chi connectivity index (χ3v) is 4.12. The van der Waals surface area contributed by atoms with Crippen LogP contribution in [-0.4, -0.2) is 12.1 Å². The van der Waals surface area contributed by atoms with Crippen LogP contribution in [0.4, 0.5) is 0 Å². The van der Waals surface area contributed by atoms with E-state index in [-0.39, 0.29) is 12.1 Å². The third-order valence-electron chi connectivity index (χ3n) is 4.12. The summed E-state index contributed by atoms with van der Waals surface area (Å²) in [6, 6.07) is 6.08. The fraction of sp³-hybridized carbons (Fsp3) is 0.650. The lowest BCUT2D eigenvalue weighted by atomic mass is 9.94. The van der Waals surface area contributed by atoms with Gasteiger partial charge in [0.25, 0.3) is 0 Å². The quantitative estimate of drug-likeness (QED) is 0.517. The van der Waals surface area contributed by atoms with E-state index in [4.69, 9.17) is 4.74 Å². The number of aryl methyl sites for hydroxylation is 1. The number of ether oxygens (including phenoxy) is 1. The highest BCUT2D eigenvalue weighted by Gasteiger charge is 2.18. The summed E-state index contributed by atoms with van der Waals surface area (Å²) in [5.74, 6) is -0.135. The molecule has 0 bridgehead atoms. The first kappa shape index (κ1) is 18.7. The Morgan fingerprint density at radius 2 is 1.77 bits per heavy atom. The molecule has 0 heterocycles. The molecule has 0 amide bonds. The van der Waals surface area contributed by atoms with Crippen LogP contribution in [0.15, 0.2) is 18.2 Å². The lowest BCUT2D eigenvalue weighted by Gasteiger charge is -2.18. The molecule has 1 unspecified atom stereocenters. The molecule has 22 heavy (non-hydrogen) atoms. The minimum absolute atomic E-state index is 0.0526. The summed E-state index contributed by atoms with van der Waals surface area (Å²) < 4.78 is 5.77. The van der Waals surface area contributed by atoms with Crippen LogP contribution in [0.3, 0.4) is 0 Å². The van der Waals surface area contributed by atoms with Crippen LogP contribution in [0.1, 0.15) is 87.7 Å². The van der Waals surface area contributed by atoms with Gasteiger partial charge in [0.05, 0.1) is 5.56 Å². The van der Waals surface area contributed by atoms with Gasteiger partial charge in [-0.1, -0.05) is 65.5 Å². The zero-order chi connectivity index (χ0) is 16.4. The van der Waals surface area contributed by atoms with Crippen molar-refractivity contribution in [3.8, 4) is 0 Å². The molecule has 124 valence electrons. The summed E-state index contributed by atoms with van der Waals surface area (Å²) in [5.41, 5.74) is 3.28. The van der Waals surface area contributed by atoms with Crippen molar-refractivity contribution in [3.63, 3.8) is 0 Å². The maximum atomic E-state index is 12.6. The molecule has 0 aromatic heterocycles. The summed E-state index contributed by atoms with van der Waals surface area (Å²) in [5, 5.41) is 0. The minimum Gasteiger partial charge on any atom is -0.459 e. The predicted octanol–water partition coefficient (Wildman–Crippen LogP) is 5.72. The topological polar surface area (TPSA) is 26.3 Å². The molecule has 0 spiro atoms. The molecule has 0 fully saturated rings. The third kappa shape index (κ3) is 5.47. The molecule has 0 radical (unpaired) electrons. The first-order valence-corrected chi connectivity index (χ1v) is 8.99. The molecule has 0 N–H and O–H groups in total. The average molecular weight is 304 g/mol. The van der Waals surface area contributed by atoms with Crippen molar-refractivity contribution >= 4 is 5.97 Å². The molecule has 1 atom stereocenters. The van der Waals surface area contributed by atoms with Crippen LogP contribution in [0, 0.1) is 0 Å². The lowest BCUT2D eigenvalue weighted by Crippen LogP contribution is -2.19. The van der Waals surface area contributed by atoms with Gasteiger partial charge in [-0.3, -0.25) is 0 Å². The summed E-state index contributed by atoms with van der Waals surface area (Å²) in [4.78, 5) is 12.6. The maximum Gasteiger partial charge on any atom is 0.338 e. The van der Waals surface area contributed by atoms with E-state index in [1.165, 1.54) is 11.1 Å². The molecule has 0 saturated heterocycles. The molecule has 0 aliphatic rings. The standard InChI is InChI=1S/C20H32O2/c1-5-9-14-17(8-4)22-20(21)19-15-10-13-16(11-6-2)18(19)12-7-3/h10,13,15,17H,5-9,11-12,14H2,1-4H3. The van der Waals surface area contributed by atoms with E-state index in [0.717, 1.165) is 56.9 Å². The molecular formula is C20H32O2. The Hall–Kier alpha value is -1.31. The number of hydrogen-bond donors (Lipinski definition) is 0. The van der Waals surface area contributed by atoms with Gasteiger partial charge in [0.1, 0.15) is 6.10 Å². The molecule has 0 aliphatic carbocycles. The monoisotopic (exact) mass is 304 g/mol. The van der Waals surface area contributed by atoms with Crippen LogP contribution >= 0.6 is 0 Å². The molecule has 1 aromatic rings. The number of unbranched alkanes of at least 4 members (excludes halogenated alkanes) is 1. The van der Waals surface area contributed by atoms with E-state index in [9.17, 15) is 4.79 Å². The number of benzene rings is 1. The average Bonchev–Trinajstić information content (AvgIpc) is 2.53. The Kier molecular flexibility index (Phi) is 8.88. The molecule has 0 saturated carbocycles. The van der Waals surface area contributed by atoms with E-state index in [1.54, 1.807) is 0 Å². The fourth-order valence-electron chi connectivity index (χ4n) is 2.87. The fourth-order valence-corrected chi connectivity index (χ4v) is 2.87. The van der Waals surface area contributed by atoms with Crippen molar-refractivity contribution < 1.29 is 9.53 Å². The lowest BCUT2D eigenvalue weighted by molar-refractivity contribution is 0.0266. The second-order valence-electron chi connectivity index (χ2n) is 6.02. The van der Waals surface area contributed by atoms with E-state index >= 15 is 0 Å². The van der Waals surface area contributed by atoms with Gasteiger partial charge in [0.2, 0.25) is 0 Å². The van der Waals surface area contributed by atoms with Crippen molar-refractivity contribution in [2.24, 2.45) is 0 Å². The predicted molar refractivity (Wildman–Crippen MR) is 93.5 cm³/mol. The molecular weight excluding hydrogens is 272 g/mol. The normalized spacial score (nSPS) is 12.2. The number of carbonyl (C=O) groups excluding carboxylic acids is 1. The summed E-state index contributed by atoms with van der Waals surface area (Å²) in [6.45, 7) is 8.60. The molecule has 1 rings (SSSR count). The van der Waals surface area contributed by atoms with Gasteiger partial charge in [-0.05, 0) is 42.9 Å². The molecule has 1 aromatic carbocycles. The summed E-state index contributed by atoms with van der Waals surface area (Å²) in [6.07, 6.45) is 8.30. The van der Waals surface area contributed by atoms with Gasteiger partial charge in [0, 0.05) is 0 Å². The maximum absolute atomic E-state index is 12.6. The van der Waals surface area contributed by atoms with E-state index in [2.05, 4.69) is 33.8 Å². The first-order chi connectivity index (χ1) is 10.7. The van der Waals surface area contributed by atoms with E-state index in [0.29, 0.717) is 0 Å². The van der Waals surface area contributed by atoms with Crippen LogP contribution < -0.4 is 0 Å². The van der Waals surface area contributed by atoms with Crippen molar-refractivity contribution in [2.45, 2.75) is 85.2 Å². The van der Waals surface area contributed by atoms with Crippen LogP contribution in [0.25, 0.3) is 0 Å². The van der Waals surface area contributed by atoms with Crippen molar-refractivity contribution in [1.82, 2.24) is 0 Å². The first-order valence-electron chi connectivity index (χ1n) is 8.99. The SMILES string of the molecule is CCCCC(CC)OC(=O)c1cccc(CCC)c1CCC. The van der Waals surface area contributed by atoms with Crippen LogP contribution in [0.2, 0.25) is 0 Å². The molecule has 2 nitrogen and oxygen atoms in total. The van der Waals surface area contributed by atoms with Gasteiger partial charge in [-0.15, -0.1) is 0 Å². The Bertz CT molecular complexity index is 451. The number of rotatable bonds is 10. The second kappa shape index (κ2) is 10.4. The molecule has 2 heteroatoms. The smallest absolute Gasteiger partial charge is 0.338 e. The Morgan fingerprint density at radius 3 is 2.36 bits per heavy atom. The van der Waals surface area contributed by atoms with Gasteiger partial charge >= 0.3 is 5.97 Å². The minimum atomic E-state index is -0.135. The highest BCUT2D eigenvalue weighted by molar-refractivity contribution is 5.91. The zero-order valence-electron chi connectivity index (χ0n) is 14.8. The van der Waals surface area contributed by atoms with Crippen molar-refractivity contribution in [3.05, 3.63) is 34.9 Å². The van der Waals surface area contributed by atoms with Crippen molar-refractivity contribution in [2.75, 3.05) is 0 Å². The Morgan fingerprint density at radius 1 is 1.05 bits per heavy atom.